The van der Waals surface area contributed by atoms with Crippen LogP contribution in [-0.2, 0) is 4.79 Å². The SMILES string of the molecule is CC(CO)N(C)CC(=O)Nc1cc(F)ccc1F. The van der Waals surface area contributed by atoms with Crippen molar-refractivity contribution < 1.29 is 18.7 Å². The van der Waals surface area contributed by atoms with E-state index in [4.69, 9.17) is 5.11 Å². The van der Waals surface area contributed by atoms with Crippen LogP contribution < -0.4 is 5.32 Å². The Morgan fingerprint density at radius 2 is 2.17 bits per heavy atom. The summed E-state index contributed by atoms with van der Waals surface area (Å²) in [7, 11) is 1.66. The lowest BCUT2D eigenvalue weighted by Gasteiger charge is -2.22. The Labute approximate surface area is 104 Å². The molecule has 1 aromatic carbocycles. The highest BCUT2D eigenvalue weighted by Crippen LogP contribution is 2.15. The van der Waals surface area contributed by atoms with Crippen molar-refractivity contribution in [1.29, 1.82) is 0 Å². The van der Waals surface area contributed by atoms with E-state index in [1.165, 1.54) is 0 Å². The minimum absolute atomic E-state index is 0.0162. The van der Waals surface area contributed by atoms with Gasteiger partial charge in [-0.2, -0.15) is 0 Å². The van der Waals surface area contributed by atoms with Crippen LogP contribution in [0.5, 0.6) is 0 Å². The quantitative estimate of drug-likeness (QED) is 0.835. The predicted octanol–water partition coefficient (Wildman–Crippen LogP) is 1.22. The summed E-state index contributed by atoms with van der Waals surface area (Å²) < 4.78 is 26.1. The number of nitrogens with one attached hydrogen (secondary N) is 1. The molecule has 0 saturated heterocycles. The molecule has 1 rings (SSSR count). The number of aliphatic hydroxyl groups excluding tert-OH is 1. The van der Waals surface area contributed by atoms with Gasteiger partial charge in [0, 0.05) is 12.1 Å². The van der Waals surface area contributed by atoms with E-state index in [1.807, 2.05) is 0 Å². The van der Waals surface area contributed by atoms with Crippen LogP contribution in [0.4, 0.5) is 14.5 Å². The summed E-state index contributed by atoms with van der Waals surface area (Å²) in [5.41, 5.74) is -0.190. The standard InChI is InChI=1S/C12H16F2N2O2/c1-8(7-17)16(2)6-12(18)15-11-5-9(13)3-4-10(11)14/h3-5,8,17H,6-7H2,1-2H3,(H,15,18). The lowest BCUT2D eigenvalue weighted by molar-refractivity contribution is -0.117. The molecular weight excluding hydrogens is 242 g/mol. The van der Waals surface area contributed by atoms with Gasteiger partial charge >= 0.3 is 0 Å². The van der Waals surface area contributed by atoms with Gasteiger partial charge in [-0.05, 0) is 26.1 Å². The van der Waals surface area contributed by atoms with E-state index < -0.39 is 17.5 Å². The number of likely N-dealkylation sites (N-methyl/N-ethyl adjacent to an activating group) is 1. The molecule has 0 saturated carbocycles. The van der Waals surface area contributed by atoms with Crippen molar-refractivity contribution in [1.82, 2.24) is 4.90 Å². The lowest BCUT2D eigenvalue weighted by Crippen LogP contribution is -2.38. The first kappa shape index (κ1) is 14.5. The van der Waals surface area contributed by atoms with Crippen molar-refractivity contribution in [2.45, 2.75) is 13.0 Å². The molecule has 1 amide bonds. The van der Waals surface area contributed by atoms with Crippen LogP contribution in [0.2, 0.25) is 0 Å². The Kier molecular flexibility index (Phi) is 5.18. The number of aliphatic hydroxyl groups is 1. The van der Waals surface area contributed by atoms with Crippen molar-refractivity contribution in [3.8, 4) is 0 Å². The third kappa shape index (κ3) is 4.05. The van der Waals surface area contributed by atoms with E-state index in [0.29, 0.717) is 0 Å². The molecule has 0 aliphatic heterocycles. The average molecular weight is 258 g/mol. The minimum atomic E-state index is -0.692. The topological polar surface area (TPSA) is 52.6 Å². The summed E-state index contributed by atoms with van der Waals surface area (Å²) in [5.74, 6) is -1.78. The maximum atomic E-state index is 13.3. The Balaban J connectivity index is 2.62. The van der Waals surface area contributed by atoms with Crippen LogP contribution in [-0.4, -0.2) is 42.2 Å². The number of hydrogen-bond donors (Lipinski definition) is 2. The number of rotatable bonds is 5. The predicted molar refractivity (Wildman–Crippen MR) is 64.2 cm³/mol. The van der Waals surface area contributed by atoms with E-state index in [-0.39, 0.29) is 24.9 Å². The molecule has 0 spiro atoms. The fourth-order valence-electron chi connectivity index (χ4n) is 1.30. The molecule has 2 N–H and O–H groups in total. The van der Waals surface area contributed by atoms with Crippen molar-refractivity contribution in [2.75, 3.05) is 25.5 Å². The van der Waals surface area contributed by atoms with Gasteiger partial charge in [0.25, 0.3) is 0 Å². The number of hydrogen-bond acceptors (Lipinski definition) is 3. The summed E-state index contributed by atoms with van der Waals surface area (Å²) >= 11 is 0. The molecule has 0 aliphatic carbocycles. The van der Waals surface area contributed by atoms with Crippen LogP contribution in [0.3, 0.4) is 0 Å². The highest BCUT2D eigenvalue weighted by Gasteiger charge is 2.13. The highest BCUT2D eigenvalue weighted by molar-refractivity contribution is 5.92. The van der Waals surface area contributed by atoms with Crippen LogP contribution in [0.25, 0.3) is 0 Å². The molecule has 100 valence electrons. The Hall–Kier alpha value is -1.53. The minimum Gasteiger partial charge on any atom is -0.395 e. The summed E-state index contributed by atoms with van der Waals surface area (Å²) in [5, 5.41) is 11.2. The number of benzene rings is 1. The van der Waals surface area contributed by atoms with Crippen LogP contribution in [0.1, 0.15) is 6.92 Å². The molecule has 1 atom stereocenters. The maximum absolute atomic E-state index is 13.3. The van der Waals surface area contributed by atoms with Gasteiger partial charge < -0.3 is 10.4 Å². The van der Waals surface area contributed by atoms with Crippen molar-refractivity contribution in [2.24, 2.45) is 0 Å². The van der Waals surface area contributed by atoms with Gasteiger partial charge in [-0.15, -0.1) is 0 Å². The van der Waals surface area contributed by atoms with E-state index in [9.17, 15) is 13.6 Å². The van der Waals surface area contributed by atoms with E-state index in [2.05, 4.69) is 5.32 Å². The van der Waals surface area contributed by atoms with E-state index in [1.54, 1.807) is 18.9 Å². The molecule has 1 aromatic rings. The van der Waals surface area contributed by atoms with Crippen LogP contribution in [0.15, 0.2) is 18.2 Å². The Morgan fingerprint density at radius 1 is 1.50 bits per heavy atom. The number of carbonyl (C=O) groups is 1. The van der Waals surface area contributed by atoms with Crippen LogP contribution in [0, 0.1) is 11.6 Å². The third-order valence-electron chi connectivity index (χ3n) is 2.61. The van der Waals surface area contributed by atoms with Gasteiger partial charge in [-0.3, -0.25) is 9.69 Å². The van der Waals surface area contributed by atoms with Crippen LogP contribution >= 0.6 is 0 Å². The van der Waals surface area contributed by atoms with E-state index >= 15 is 0 Å². The second-order valence-corrected chi connectivity index (χ2v) is 4.12. The smallest absolute Gasteiger partial charge is 0.238 e. The van der Waals surface area contributed by atoms with Gasteiger partial charge in [-0.25, -0.2) is 8.78 Å². The number of carbonyl (C=O) groups excluding carboxylic acids is 1. The fraction of sp³-hybridized carbons (Fsp3) is 0.417. The number of halogens is 2. The normalized spacial score (nSPS) is 12.6. The molecule has 0 heterocycles. The van der Waals surface area contributed by atoms with Gasteiger partial charge in [-0.1, -0.05) is 0 Å². The summed E-state index contributed by atoms with van der Waals surface area (Å²) in [4.78, 5) is 13.2. The van der Waals surface area contributed by atoms with Gasteiger partial charge in [0.2, 0.25) is 5.91 Å². The molecule has 0 aliphatic rings. The lowest BCUT2D eigenvalue weighted by atomic mass is 10.3. The molecular formula is C12H16F2N2O2. The highest BCUT2D eigenvalue weighted by atomic mass is 19.1. The molecule has 0 aromatic heterocycles. The van der Waals surface area contributed by atoms with Gasteiger partial charge in [0.1, 0.15) is 11.6 Å². The van der Waals surface area contributed by atoms with E-state index in [0.717, 1.165) is 18.2 Å². The first-order valence-corrected chi connectivity index (χ1v) is 5.50. The zero-order chi connectivity index (χ0) is 13.7. The Morgan fingerprint density at radius 3 is 2.78 bits per heavy atom. The zero-order valence-electron chi connectivity index (χ0n) is 10.3. The monoisotopic (exact) mass is 258 g/mol. The van der Waals surface area contributed by atoms with Crippen molar-refractivity contribution >= 4 is 11.6 Å². The second-order valence-electron chi connectivity index (χ2n) is 4.12. The average Bonchev–Trinajstić information content (AvgIpc) is 2.32. The number of nitrogens with zero attached hydrogens (tertiary/aromatic N) is 1. The summed E-state index contributed by atoms with van der Waals surface area (Å²) in [6, 6.07) is 2.66. The molecule has 0 radical (unpaired) electrons. The first-order chi connectivity index (χ1) is 8.43. The molecule has 6 heteroatoms. The first-order valence-electron chi connectivity index (χ1n) is 5.50. The maximum Gasteiger partial charge on any atom is 0.238 e. The second kappa shape index (κ2) is 6.42. The fourth-order valence-corrected chi connectivity index (χ4v) is 1.30. The molecule has 4 nitrogen and oxygen atoms in total. The van der Waals surface area contributed by atoms with Gasteiger partial charge in [0.15, 0.2) is 0 Å². The van der Waals surface area contributed by atoms with Crippen molar-refractivity contribution in [3.05, 3.63) is 29.8 Å². The number of amides is 1. The molecule has 0 fully saturated rings. The molecule has 1 unspecified atom stereocenters. The zero-order valence-corrected chi connectivity index (χ0v) is 10.3. The van der Waals surface area contributed by atoms with Gasteiger partial charge in [0.05, 0.1) is 18.8 Å². The summed E-state index contributed by atoms with van der Waals surface area (Å²) in [6.45, 7) is 1.64. The summed E-state index contributed by atoms with van der Waals surface area (Å²) in [6.07, 6.45) is 0. The molecule has 0 bridgehead atoms. The largest absolute Gasteiger partial charge is 0.395 e. The Bertz CT molecular complexity index is 427. The molecule has 18 heavy (non-hydrogen) atoms. The number of anilines is 1. The van der Waals surface area contributed by atoms with Crippen molar-refractivity contribution in [3.63, 3.8) is 0 Å². The third-order valence-corrected chi connectivity index (χ3v) is 2.61.